The summed E-state index contributed by atoms with van der Waals surface area (Å²) in [4.78, 5) is 0. The Labute approximate surface area is 1080 Å². The maximum atomic E-state index is 0. The molecule has 0 fully saturated rings. The van der Waals surface area contributed by atoms with Gasteiger partial charge in [-0.15, -0.1) is 0 Å². The van der Waals surface area contributed by atoms with Crippen LogP contribution in [0.15, 0.2) is 0 Å². The molecule has 0 unspecified atom stereocenters. The van der Waals surface area contributed by atoms with Gasteiger partial charge in [0.1, 0.15) is 0 Å². The molecule has 0 aromatic heterocycles. The van der Waals surface area contributed by atoms with Crippen LogP contribution in [-0.2, 0) is 0 Å². The molecule has 0 atom stereocenters. The monoisotopic (exact) mass is 879 g/mol. The van der Waals surface area contributed by atoms with Crippen molar-refractivity contribution in [3.05, 3.63) is 0 Å². The van der Waals surface area contributed by atoms with Crippen LogP contribution < -0.4 is 0 Å². The third-order valence-corrected chi connectivity index (χ3v) is 0. The summed E-state index contributed by atoms with van der Waals surface area (Å²) in [5, 5.41) is 0. The minimum absolute atomic E-state index is 0. The second-order valence-electron chi connectivity index (χ2n) is 0. The van der Waals surface area contributed by atoms with Gasteiger partial charge in [0.05, 0.1) is 0 Å². The summed E-state index contributed by atoms with van der Waals surface area (Å²) >= 11 is 0. The van der Waals surface area contributed by atoms with Crippen molar-refractivity contribution in [2.24, 2.45) is 0 Å². The Morgan fingerprint density at radius 3 is 0.0455 bits per heavy atom. The van der Waals surface area contributed by atoms with Gasteiger partial charge in [0.25, 0.3) is 0 Å². The van der Waals surface area contributed by atoms with Gasteiger partial charge in [0, 0.05) is 0 Å². The summed E-state index contributed by atoms with van der Waals surface area (Å²) in [7, 11) is 0. The van der Waals surface area contributed by atoms with Crippen LogP contribution >= 0.6 is 0 Å². The van der Waals surface area contributed by atoms with Crippen molar-refractivity contribution in [1.29, 1.82) is 0 Å². The third-order valence-electron chi connectivity index (χ3n) is 0. The van der Waals surface area contributed by atoms with Crippen LogP contribution in [0.3, 0.4) is 0 Å². The van der Waals surface area contributed by atoms with E-state index in [1.54, 1.807) is 0 Å². The molecule has 0 saturated heterocycles. The van der Waals surface area contributed by atoms with Gasteiger partial charge in [0.15, 0.2) is 0 Å². The molecule has 0 amide bonds. The molecule has 44 valence electrons. The number of rotatable bonds is 0. The first-order valence-corrected chi connectivity index (χ1v) is 0. The van der Waals surface area contributed by atoms with E-state index in [1.165, 1.54) is 0 Å². The van der Waals surface area contributed by atoms with Crippen molar-refractivity contribution in [1.82, 2.24) is 0 Å². The molecule has 0 aliphatic rings. The molecule has 0 saturated carbocycles. The van der Waals surface area contributed by atoms with Gasteiger partial charge in [-0.25, -0.2) is 0 Å². The summed E-state index contributed by atoms with van der Waals surface area (Å²) in [6.07, 6.45) is 0. The zero-order chi connectivity index (χ0) is 0. The summed E-state index contributed by atoms with van der Waals surface area (Å²) in [5.41, 5.74) is 0. The van der Waals surface area contributed by atoms with Crippen molar-refractivity contribution < 1.29 is 0 Å². The van der Waals surface area contributed by atoms with Crippen molar-refractivity contribution >= 4 is 1130 Å². The van der Waals surface area contributed by atoms with Crippen LogP contribution in [0.1, 0.15) is 0 Å². The average Bonchev–Trinajstić information content (AvgIpc) is 0. The summed E-state index contributed by atoms with van der Waals surface area (Å²) in [6, 6.07) is 0. The SMILES string of the molecule is [KH].[KH].[KH].[KH].[KH].[KH].[KH].[KH].[KH].[KH].[KH].[KH].[KH].[KH].[KH].[KH].[KH].[KH].[KH].[KH].[KH].[KH]. The van der Waals surface area contributed by atoms with Crippen molar-refractivity contribution in [2.75, 3.05) is 0 Å². The Morgan fingerprint density at radius 1 is 0.0455 bits per heavy atom. The van der Waals surface area contributed by atoms with Gasteiger partial charge in [-0.2, -0.15) is 0 Å². The fraction of sp³-hybridized carbons (Fsp3) is 0. The van der Waals surface area contributed by atoms with E-state index < -0.39 is 0 Å². The molecular weight excluding hydrogens is 860 g/mol. The first kappa shape index (κ1) is 145. The van der Waals surface area contributed by atoms with Crippen molar-refractivity contribution in [2.45, 2.75) is 0 Å². The first-order chi connectivity index (χ1) is 0. The van der Waals surface area contributed by atoms with E-state index in [4.69, 9.17) is 0 Å². The van der Waals surface area contributed by atoms with Crippen molar-refractivity contribution in [3.8, 4) is 0 Å². The van der Waals surface area contributed by atoms with Gasteiger partial charge in [-0.3, -0.25) is 0 Å². The van der Waals surface area contributed by atoms with Gasteiger partial charge >= 0.3 is 1130 Å². The zero-order valence-electron chi connectivity index (χ0n) is 0. The van der Waals surface area contributed by atoms with Crippen LogP contribution in [0.25, 0.3) is 0 Å². The molecule has 0 aliphatic heterocycles. The van der Waals surface area contributed by atoms with Gasteiger partial charge < -0.3 is 0 Å². The normalized spacial score (nSPS) is 0. The topological polar surface area (TPSA) is 0 Å². The fourth-order valence-corrected chi connectivity index (χ4v) is 0. The Morgan fingerprint density at radius 2 is 0.0455 bits per heavy atom. The van der Waals surface area contributed by atoms with Crippen LogP contribution in [-0.4, -0.2) is 1130 Å². The molecule has 0 rings (SSSR count). The molecular formula is H22K22. The van der Waals surface area contributed by atoms with E-state index in [0.717, 1.165) is 0 Å². The Bertz CT molecular complexity index is 0. The summed E-state index contributed by atoms with van der Waals surface area (Å²) < 4.78 is 0. The molecule has 0 nitrogen and oxygen atoms in total. The van der Waals surface area contributed by atoms with E-state index >= 15 is 0 Å². The molecule has 22 heteroatoms. The summed E-state index contributed by atoms with van der Waals surface area (Å²) in [6.45, 7) is 0. The Kier molecular flexibility index (Phi) is 912. The van der Waals surface area contributed by atoms with Crippen molar-refractivity contribution in [3.63, 3.8) is 0 Å². The number of hydrogen-bond donors (Lipinski definition) is 0. The molecule has 22 heavy (non-hydrogen) atoms. The second-order valence-corrected chi connectivity index (χ2v) is 0. The molecule has 0 spiro atoms. The van der Waals surface area contributed by atoms with E-state index in [0.29, 0.717) is 0 Å². The summed E-state index contributed by atoms with van der Waals surface area (Å²) in [5.74, 6) is 0. The molecule has 0 radical (unpaired) electrons. The van der Waals surface area contributed by atoms with E-state index in [-0.39, 0.29) is 1130 Å². The molecule has 0 aliphatic carbocycles. The van der Waals surface area contributed by atoms with Crippen LogP contribution in [0.5, 0.6) is 0 Å². The molecule has 0 heterocycles. The quantitative estimate of drug-likeness (QED) is 0.213. The second kappa shape index (κ2) is 138. The maximum absolute atomic E-state index is 0. The van der Waals surface area contributed by atoms with Crippen LogP contribution in [0, 0.1) is 0 Å². The van der Waals surface area contributed by atoms with Gasteiger partial charge in [0.2, 0.25) is 0 Å². The predicted octanol–water partition coefficient (Wildman–Crippen LogP) is -14.3. The third kappa shape index (κ3) is 131. The minimum atomic E-state index is 0. The predicted molar refractivity (Wildman–Crippen MR) is 157 cm³/mol. The Hall–Kier alpha value is 36.0. The van der Waals surface area contributed by atoms with Gasteiger partial charge in [-0.1, -0.05) is 0 Å². The molecule has 0 aromatic carbocycles. The standard InChI is InChI=1S/22K.22H. The molecule has 0 aromatic rings. The zero-order valence-corrected chi connectivity index (χ0v) is 0. The average molecular weight is 882 g/mol. The Balaban J connectivity index is 0. The van der Waals surface area contributed by atoms with Crippen LogP contribution in [0.4, 0.5) is 0 Å². The molecule has 0 bridgehead atoms. The van der Waals surface area contributed by atoms with Crippen LogP contribution in [0.2, 0.25) is 0 Å². The first-order valence-electron chi connectivity index (χ1n) is 0. The van der Waals surface area contributed by atoms with E-state index in [1.807, 2.05) is 0 Å². The van der Waals surface area contributed by atoms with Gasteiger partial charge in [-0.05, 0) is 0 Å². The number of hydrogen-bond acceptors (Lipinski definition) is 0. The van der Waals surface area contributed by atoms with E-state index in [2.05, 4.69) is 0 Å². The molecule has 0 N–H and O–H groups in total. The van der Waals surface area contributed by atoms with E-state index in [9.17, 15) is 0 Å². The fourth-order valence-electron chi connectivity index (χ4n) is 0.